The number of ether oxygens (including phenoxy) is 3. The molecule has 0 saturated carbocycles. The molecule has 1 aliphatic rings. The first-order valence-electron chi connectivity index (χ1n) is 8.84. The standard InChI is InChI=1S/C21H18N2O7/c1-11-7-14(8-12(2)19(11)29-13(3)24)9-16-21(25)30-20(22-16)15-5-6-18(28-4)17(10-15)23(26)27/h5-10H,1-4H3/b16-9-. The van der Waals surface area contributed by atoms with Crippen molar-refractivity contribution < 1.29 is 28.7 Å². The number of benzene rings is 2. The van der Waals surface area contributed by atoms with Crippen molar-refractivity contribution in [1.29, 1.82) is 0 Å². The number of hydrogen-bond acceptors (Lipinski definition) is 8. The highest BCUT2D eigenvalue weighted by atomic mass is 16.6. The summed E-state index contributed by atoms with van der Waals surface area (Å²) in [6.07, 6.45) is 1.53. The van der Waals surface area contributed by atoms with Gasteiger partial charge in [0, 0.05) is 18.6 Å². The summed E-state index contributed by atoms with van der Waals surface area (Å²) in [5.41, 5.74) is 2.16. The lowest BCUT2D eigenvalue weighted by molar-refractivity contribution is -0.385. The van der Waals surface area contributed by atoms with Gasteiger partial charge in [-0.05, 0) is 60.9 Å². The van der Waals surface area contributed by atoms with E-state index in [-0.39, 0.29) is 28.6 Å². The van der Waals surface area contributed by atoms with E-state index in [2.05, 4.69) is 4.99 Å². The molecule has 0 N–H and O–H groups in total. The van der Waals surface area contributed by atoms with Crippen LogP contribution in [0.4, 0.5) is 5.69 Å². The van der Waals surface area contributed by atoms with Gasteiger partial charge in [-0.25, -0.2) is 9.79 Å². The first-order valence-corrected chi connectivity index (χ1v) is 8.84. The largest absolute Gasteiger partial charge is 0.490 e. The van der Waals surface area contributed by atoms with Crippen LogP contribution in [-0.2, 0) is 14.3 Å². The minimum atomic E-state index is -0.678. The molecule has 9 heteroatoms. The number of nitro groups is 1. The fourth-order valence-electron chi connectivity index (χ4n) is 3.03. The van der Waals surface area contributed by atoms with Crippen molar-refractivity contribution in [3.8, 4) is 11.5 Å². The molecular formula is C21H18N2O7. The molecule has 0 saturated heterocycles. The summed E-state index contributed by atoms with van der Waals surface area (Å²) < 4.78 is 15.4. The highest BCUT2D eigenvalue weighted by Crippen LogP contribution is 2.30. The van der Waals surface area contributed by atoms with E-state index in [1.165, 1.54) is 38.3 Å². The maximum absolute atomic E-state index is 12.3. The maximum Gasteiger partial charge on any atom is 0.363 e. The molecule has 0 bridgehead atoms. The fraction of sp³-hybridized carbons (Fsp3) is 0.190. The normalized spacial score (nSPS) is 14.3. The summed E-state index contributed by atoms with van der Waals surface area (Å²) in [7, 11) is 1.33. The summed E-state index contributed by atoms with van der Waals surface area (Å²) >= 11 is 0. The van der Waals surface area contributed by atoms with E-state index in [9.17, 15) is 19.7 Å². The number of carbonyl (C=O) groups excluding carboxylic acids is 2. The molecule has 0 spiro atoms. The van der Waals surface area contributed by atoms with Crippen molar-refractivity contribution in [3.05, 3.63) is 68.4 Å². The van der Waals surface area contributed by atoms with E-state index in [0.29, 0.717) is 11.3 Å². The van der Waals surface area contributed by atoms with Crippen LogP contribution >= 0.6 is 0 Å². The minimum absolute atomic E-state index is 0.0398. The number of hydrogen-bond donors (Lipinski definition) is 0. The number of carbonyl (C=O) groups is 2. The third-order valence-electron chi connectivity index (χ3n) is 4.27. The summed E-state index contributed by atoms with van der Waals surface area (Å²) in [6, 6.07) is 7.65. The van der Waals surface area contributed by atoms with Gasteiger partial charge in [0.25, 0.3) is 0 Å². The molecule has 0 aliphatic carbocycles. The van der Waals surface area contributed by atoms with Gasteiger partial charge in [0.05, 0.1) is 12.0 Å². The van der Waals surface area contributed by atoms with Crippen LogP contribution in [0.2, 0.25) is 0 Å². The van der Waals surface area contributed by atoms with E-state index >= 15 is 0 Å². The minimum Gasteiger partial charge on any atom is -0.490 e. The van der Waals surface area contributed by atoms with Crippen molar-refractivity contribution in [2.45, 2.75) is 20.8 Å². The molecule has 0 aromatic heterocycles. The van der Waals surface area contributed by atoms with Gasteiger partial charge < -0.3 is 14.2 Å². The lowest BCUT2D eigenvalue weighted by Gasteiger charge is -2.10. The smallest absolute Gasteiger partial charge is 0.363 e. The van der Waals surface area contributed by atoms with Crippen LogP contribution in [0.1, 0.15) is 29.2 Å². The Bertz CT molecular complexity index is 1110. The molecule has 1 aliphatic heterocycles. The summed E-state index contributed by atoms with van der Waals surface area (Å²) in [5.74, 6) is -0.587. The monoisotopic (exact) mass is 410 g/mol. The second-order valence-electron chi connectivity index (χ2n) is 6.56. The van der Waals surface area contributed by atoms with E-state index in [0.717, 1.165) is 11.1 Å². The second kappa shape index (κ2) is 8.16. The Hall–Kier alpha value is -4.01. The van der Waals surface area contributed by atoms with Gasteiger partial charge in [0.2, 0.25) is 5.90 Å². The molecule has 2 aromatic carbocycles. The molecule has 0 radical (unpaired) electrons. The van der Waals surface area contributed by atoms with Crippen molar-refractivity contribution in [1.82, 2.24) is 0 Å². The van der Waals surface area contributed by atoms with Gasteiger partial charge in [-0.2, -0.15) is 0 Å². The topological polar surface area (TPSA) is 117 Å². The molecule has 3 rings (SSSR count). The van der Waals surface area contributed by atoms with Crippen LogP contribution in [0, 0.1) is 24.0 Å². The summed E-state index contributed by atoms with van der Waals surface area (Å²) in [5, 5.41) is 11.2. The number of nitrogens with zero attached hydrogens (tertiary/aromatic N) is 2. The van der Waals surface area contributed by atoms with Crippen molar-refractivity contribution >= 4 is 29.6 Å². The third kappa shape index (κ3) is 4.19. The average Bonchev–Trinajstić information content (AvgIpc) is 3.04. The van der Waals surface area contributed by atoms with E-state index in [1.54, 1.807) is 26.0 Å². The van der Waals surface area contributed by atoms with Gasteiger partial charge in [-0.3, -0.25) is 14.9 Å². The quantitative estimate of drug-likeness (QED) is 0.243. The van der Waals surface area contributed by atoms with Crippen LogP contribution in [0.25, 0.3) is 6.08 Å². The van der Waals surface area contributed by atoms with Crippen LogP contribution in [-0.4, -0.2) is 29.9 Å². The van der Waals surface area contributed by atoms with Crippen molar-refractivity contribution in [2.75, 3.05) is 7.11 Å². The van der Waals surface area contributed by atoms with Crippen LogP contribution in [0.5, 0.6) is 11.5 Å². The van der Waals surface area contributed by atoms with E-state index in [4.69, 9.17) is 14.2 Å². The first kappa shape index (κ1) is 20.7. The number of aryl methyl sites for hydroxylation is 2. The molecule has 0 amide bonds. The third-order valence-corrected chi connectivity index (χ3v) is 4.27. The molecule has 1 heterocycles. The average molecular weight is 410 g/mol. The zero-order chi connectivity index (χ0) is 22.0. The van der Waals surface area contributed by atoms with Crippen LogP contribution < -0.4 is 9.47 Å². The fourth-order valence-corrected chi connectivity index (χ4v) is 3.03. The second-order valence-corrected chi connectivity index (χ2v) is 6.56. The molecule has 0 unspecified atom stereocenters. The number of esters is 2. The van der Waals surface area contributed by atoms with Gasteiger partial charge in [-0.15, -0.1) is 0 Å². The Kier molecular flexibility index (Phi) is 5.63. The Balaban J connectivity index is 1.96. The number of cyclic esters (lactones) is 1. The predicted octanol–water partition coefficient (Wildman–Crippen LogP) is 3.49. The van der Waals surface area contributed by atoms with Gasteiger partial charge in [-0.1, -0.05) is 0 Å². The molecule has 2 aromatic rings. The first-order chi connectivity index (χ1) is 14.2. The number of nitro benzene ring substituents is 1. The molecule has 154 valence electrons. The van der Waals surface area contributed by atoms with E-state index in [1.807, 2.05) is 0 Å². The summed E-state index contributed by atoms with van der Waals surface area (Å²) in [4.78, 5) is 38.3. The molecule has 30 heavy (non-hydrogen) atoms. The Labute approximate surface area is 171 Å². The van der Waals surface area contributed by atoms with Gasteiger partial charge in [0.15, 0.2) is 11.4 Å². The SMILES string of the molecule is COc1ccc(C2=N/C(=C\c3cc(C)c(OC(C)=O)c(C)c3)C(=O)O2)cc1[N+](=O)[O-]. The maximum atomic E-state index is 12.3. The highest BCUT2D eigenvalue weighted by molar-refractivity contribution is 6.13. The molecule has 9 nitrogen and oxygen atoms in total. The Morgan fingerprint density at radius 3 is 2.43 bits per heavy atom. The molecule has 0 atom stereocenters. The zero-order valence-electron chi connectivity index (χ0n) is 16.7. The van der Waals surface area contributed by atoms with Crippen molar-refractivity contribution in [2.24, 2.45) is 4.99 Å². The van der Waals surface area contributed by atoms with Crippen LogP contribution in [0.15, 0.2) is 41.0 Å². The Morgan fingerprint density at radius 2 is 1.87 bits per heavy atom. The van der Waals surface area contributed by atoms with Gasteiger partial charge >= 0.3 is 17.6 Å². The molecular weight excluding hydrogens is 392 g/mol. The van der Waals surface area contributed by atoms with Gasteiger partial charge in [0.1, 0.15) is 5.75 Å². The zero-order valence-corrected chi connectivity index (χ0v) is 16.7. The summed E-state index contributed by atoms with van der Waals surface area (Å²) in [6.45, 7) is 4.89. The predicted molar refractivity (Wildman–Crippen MR) is 107 cm³/mol. The highest BCUT2D eigenvalue weighted by Gasteiger charge is 2.26. The number of rotatable bonds is 5. The lowest BCUT2D eigenvalue weighted by Crippen LogP contribution is -2.06. The van der Waals surface area contributed by atoms with E-state index < -0.39 is 16.9 Å². The molecule has 0 fully saturated rings. The number of methoxy groups -OCH3 is 1. The number of aliphatic imine (C=N–C) groups is 1. The van der Waals surface area contributed by atoms with Crippen molar-refractivity contribution in [3.63, 3.8) is 0 Å². The lowest BCUT2D eigenvalue weighted by atomic mass is 10.0. The van der Waals surface area contributed by atoms with Crippen LogP contribution in [0.3, 0.4) is 0 Å². The Morgan fingerprint density at radius 1 is 1.20 bits per heavy atom.